The molecule has 0 aliphatic heterocycles. The number of benzene rings is 1. The normalized spacial score (nSPS) is 12.8. The highest BCUT2D eigenvalue weighted by Crippen LogP contribution is 2.22. The number of nitrogens with two attached hydrogens (primary N) is 1. The average Bonchev–Trinajstić information content (AvgIpc) is 2.72. The van der Waals surface area contributed by atoms with Crippen LogP contribution in [0, 0.1) is 0 Å². The van der Waals surface area contributed by atoms with E-state index in [0.29, 0.717) is 6.42 Å². The summed E-state index contributed by atoms with van der Waals surface area (Å²) in [4.78, 5) is 14.0. The molecule has 4 nitrogen and oxygen atoms in total. The second-order valence-corrected chi connectivity index (χ2v) is 4.16. The van der Waals surface area contributed by atoms with Crippen molar-refractivity contribution >= 4 is 16.9 Å². The second kappa shape index (κ2) is 4.59. The van der Waals surface area contributed by atoms with Gasteiger partial charge >= 0.3 is 5.97 Å². The maximum absolute atomic E-state index is 10.7. The smallest absolute Gasteiger partial charge is 0.320 e. The summed E-state index contributed by atoms with van der Waals surface area (Å²) in [6, 6.07) is 5.21. The predicted octanol–water partition coefficient (Wildman–Crippen LogP) is 1.68. The Bertz CT molecular complexity index is 545. The third-order valence-corrected chi connectivity index (χ3v) is 3.03. The van der Waals surface area contributed by atoms with Gasteiger partial charge in [-0.2, -0.15) is 0 Å². The zero-order valence-corrected chi connectivity index (χ0v) is 9.73. The van der Waals surface area contributed by atoms with Gasteiger partial charge in [0.05, 0.1) is 0 Å². The number of rotatable bonds is 4. The third-order valence-electron chi connectivity index (χ3n) is 3.03. The number of aromatic nitrogens is 1. The van der Waals surface area contributed by atoms with E-state index in [4.69, 9.17) is 10.8 Å². The Morgan fingerprint density at radius 3 is 2.88 bits per heavy atom. The first-order valence-corrected chi connectivity index (χ1v) is 5.69. The molecule has 0 spiro atoms. The lowest BCUT2D eigenvalue weighted by atomic mass is 10.0. The quantitative estimate of drug-likeness (QED) is 0.750. The minimum atomic E-state index is -0.967. The molecule has 1 aromatic heterocycles. The van der Waals surface area contributed by atoms with Gasteiger partial charge in [0.1, 0.15) is 6.04 Å². The van der Waals surface area contributed by atoms with Crippen LogP contribution in [0.15, 0.2) is 24.4 Å². The molecule has 2 rings (SSSR count). The molecule has 0 aliphatic rings. The first kappa shape index (κ1) is 11.7. The van der Waals surface area contributed by atoms with Crippen molar-refractivity contribution in [2.75, 3.05) is 0 Å². The number of para-hydroxylation sites is 1. The van der Waals surface area contributed by atoms with Crippen LogP contribution in [-0.4, -0.2) is 22.1 Å². The molecule has 1 atom stereocenters. The van der Waals surface area contributed by atoms with E-state index in [9.17, 15) is 4.79 Å². The molecule has 0 saturated heterocycles. The summed E-state index contributed by atoms with van der Waals surface area (Å²) in [5.41, 5.74) is 8.84. The van der Waals surface area contributed by atoms with E-state index in [0.717, 1.165) is 22.9 Å². The largest absolute Gasteiger partial charge is 0.480 e. The molecule has 0 saturated carbocycles. The van der Waals surface area contributed by atoms with Crippen LogP contribution in [0.25, 0.3) is 10.9 Å². The summed E-state index contributed by atoms with van der Waals surface area (Å²) in [6.07, 6.45) is 3.15. The first-order valence-electron chi connectivity index (χ1n) is 5.69. The zero-order valence-electron chi connectivity index (χ0n) is 9.73. The highest BCUT2D eigenvalue weighted by Gasteiger charge is 2.15. The molecule has 17 heavy (non-hydrogen) atoms. The number of aryl methyl sites for hydroxylation is 1. The number of aromatic amines is 1. The highest BCUT2D eigenvalue weighted by atomic mass is 16.4. The van der Waals surface area contributed by atoms with Gasteiger partial charge in [-0.1, -0.05) is 25.1 Å². The Balaban J connectivity index is 2.40. The summed E-state index contributed by atoms with van der Waals surface area (Å²) >= 11 is 0. The number of carboxylic acids is 1. The molecule has 0 radical (unpaired) electrons. The van der Waals surface area contributed by atoms with E-state index in [1.165, 1.54) is 5.56 Å². The van der Waals surface area contributed by atoms with Crippen LogP contribution in [0.2, 0.25) is 0 Å². The summed E-state index contributed by atoms with van der Waals surface area (Å²) in [6.45, 7) is 2.10. The van der Waals surface area contributed by atoms with Crippen molar-refractivity contribution in [2.24, 2.45) is 5.73 Å². The number of carbonyl (C=O) groups is 1. The maximum atomic E-state index is 10.7. The Hall–Kier alpha value is -1.81. The maximum Gasteiger partial charge on any atom is 0.320 e. The Morgan fingerprint density at radius 1 is 1.47 bits per heavy atom. The zero-order chi connectivity index (χ0) is 12.4. The molecule has 0 bridgehead atoms. The lowest BCUT2D eigenvalue weighted by molar-refractivity contribution is -0.138. The van der Waals surface area contributed by atoms with Gasteiger partial charge in [-0.25, -0.2) is 0 Å². The monoisotopic (exact) mass is 232 g/mol. The third kappa shape index (κ3) is 2.17. The molecule has 90 valence electrons. The fraction of sp³-hybridized carbons (Fsp3) is 0.308. The molecule has 4 N–H and O–H groups in total. The molecule has 2 aromatic rings. The number of hydrogen-bond acceptors (Lipinski definition) is 2. The number of aliphatic carboxylic acids is 1. The van der Waals surface area contributed by atoms with Gasteiger partial charge in [0.2, 0.25) is 0 Å². The van der Waals surface area contributed by atoms with Gasteiger partial charge in [-0.15, -0.1) is 0 Å². The SMILES string of the molecule is CCc1cccc2c(C[C@H](N)C(=O)O)c[nH]c12. The van der Waals surface area contributed by atoms with Crippen molar-refractivity contribution in [1.82, 2.24) is 4.98 Å². The molecular weight excluding hydrogens is 216 g/mol. The topological polar surface area (TPSA) is 79.1 Å². The van der Waals surface area contributed by atoms with Crippen LogP contribution in [0.3, 0.4) is 0 Å². The number of hydrogen-bond donors (Lipinski definition) is 3. The number of fused-ring (bicyclic) bond motifs is 1. The summed E-state index contributed by atoms with van der Waals surface area (Å²) in [5, 5.41) is 9.89. The van der Waals surface area contributed by atoms with Crippen LogP contribution in [0.1, 0.15) is 18.1 Å². The van der Waals surface area contributed by atoms with Crippen LogP contribution in [-0.2, 0) is 17.6 Å². The Kier molecular flexibility index (Phi) is 3.15. The average molecular weight is 232 g/mol. The van der Waals surface area contributed by atoms with Crippen molar-refractivity contribution in [3.63, 3.8) is 0 Å². The van der Waals surface area contributed by atoms with Crippen LogP contribution < -0.4 is 5.73 Å². The van der Waals surface area contributed by atoms with Crippen molar-refractivity contribution in [2.45, 2.75) is 25.8 Å². The van der Waals surface area contributed by atoms with E-state index >= 15 is 0 Å². The van der Waals surface area contributed by atoms with E-state index < -0.39 is 12.0 Å². The van der Waals surface area contributed by atoms with Gasteiger partial charge in [-0.3, -0.25) is 4.79 Å². The second-order valence-electron chi connectivity index (χ2n) is 4.16. The van der Waals surface area contributed by atoms with Gasteiger partial charge in [0, 0.05) is 23.5 Å². The number of H-pyrrole nitrogens is 1. The van der Waals surface area contributed by atoms with Crippen LogP contribution in [0.4, 0.5) is 0 Å². The van der Waals surface area contributed by atoms with E-state index in [2.05, 4.69) is 18.0 Å². The van der Waals surface area contributed by atoms with Gasteiger partial charge < -0.3 is 15.8 Å². The predicted molar refractivity (Wildman–Crippen MR) is 67.0 cm³/mol. The molecule has 0 amide bonds. The minimum absolute atomic E-state index is 0.350. The van der Waals surface area contributed by atoms with E-state index in [1.54, 1.807) is 0 Å². The molecule has 1 heterocycles. The standard InChI is InChI=1S/C13H16N2O2/c1-2-8-4-3-5-10-9(7-15-12(8)10)6-11(14)13(16)17/h3-5,7,11,15H,2,6,14H2,1H3,(H,16,17)/t11-/m0/s1. The fourth-order valence-corrected chi connectivity index (χ4v) is 2.06. The first-order chi connectivity index (χ1) is 8.13. The Morgan fingerprint density at radius 2 is 2.24 bits per heavy atom. The summed E-state index contributed by atoms with van der Waals surface area (Å²) in [5.74, 6) is -0.967. The van der Waals surface area contributed by atoms with Crippen LogP contribution >= 0.6 is 0 Å². The molecule has 0 unspecified atom stereocenters. The Labute approximate surface area is 99.4 Å². The van der Waals surface area contributed by atoms with Gasteiger partial charge in [-0.05, 0) is 17.5 Å². The van der Waals surface area contributed by atoms with E-state index in [-0.39, 0.29) is 0 Å². The van der Waals surface area contributed by atoms with Gasteiger partial charge in [0.25, 0.3) is 0 Å². The summed E-state index contributed by atoms with van der Waals surface area (Å²) < 4.78 is 0. The van der Waals surface area contributed by atoms with Gasteiger partial charge in [0.15, 0.2) is 0 Å². The number of nitrogens with one attached hydrogen (secondary N) is 1. The molecule has 1 aromatic carbocycles. The van der Waals surface area contributed by atoms with Crippen molar-refractivity contribution in [3.05, 3.63) is 35.5 Å². The molecule has 0 fully saturated rings. The molecular formula is C13H16N2O2. The molecule has 0 aliphatic carbocycles. The summed E-state index contributed by atoms with van der Waals surface area (Å²) in [7, 11) is 0. The lowest BCUT2D eigenvalue weighted by Crippen LogP contribution is -2.32. The fourth-order valence-electron chi connectivity index (χ4n) is 2.06. The molecule has 4 heteroatoms. The highest BCUT2D eigenvalue weighted by molar-refractivity contribution is 5.87. The van der Waals surface area contributed by atoms with Crippen molar-refractivity contribution in [3.8, 4) is 0 Å². The van der Waals surface area contributed by atoms with Crippen molar-refractivity contribution < 1.29 is 9.90 Å². The lowest BCUT2D eigenvalue weighted by Gasteiger charge is -2.05. The minimum Gasteiger partial charge on any atom is -0.480 e. The number of carboxylic acid groups (broad SMARTS) is 1. The van der Waals surface area contributed by atoms with Crippen molar-refractivity contribution in [1.29, 1.82) is 0 Å². The van der Waals surface area contributed by atoms with Crippen LogP contribution in [0.5, 0.6) is 0 Å². The van der Waals surface area contributed by atoms with E-state index in [1.807, 2.05) is 18.3 Å².